The maximum absolute atomic E-state index is 11.2. The first-order chi connectivity index (χ1) is 8.53. The van der Waals surface area contributed by atoms with Gasteiger partial charge < -0.3 is 16.4 Å². The minimum atomic E-state index is -3.02. The summed E-state index contributed by atoms with van der Waals surface area (Å²) >= 11 is 5.10. The monoisotopic (exact) mass is 291 g/mol. The largest absolute Gasteiger partial charge is 0.363 e. The van der Waals surface area contributed by atoms with Crippen molar-refractivity contribution in [1.82, 2.24) is 10.6 Å². The van der Waals surface area contributed by atoms with Crippen LogP contribution in [0.5, 0.6) is 0 Å². The molecule has 0 aliphatic carbocycles. The molecule has 0 amide bonds. The SMILES string of the molecule is NCCCCCCNC(=S)N[C@H]1C=CS(=O)(=O)C1. The molecule has 0 saturated carbocycles. The highest BCUT2D eigenvalue weighted by molar-refractivity contribution is 7.94. The third-order valence-corrected chi connectivity index (χ3v) is 4.32. The summed E-state index contributed by atoms with van der Waals surface area (Å²) in [5, 5.41) is 7.80. The van der Waals surface area contributed by atoms with Gasteiger partial charge >= 0.3 is 0 Å². The predicted molar refractivity (Wildman–Crippen MR) is 78.0 cm³/mol. The first kappa shape index (κ1) is 15.4. The molecule has 0 unspecified atom stereocenters. The van der Waals surface area contributed by atoms with Gasteiger partial charge in [0, 0.05) is 12.0 Å². The van der Waals surface area contributed by atoms with Crippen LogP contribution in [0.15, 0.2) is 11.5 Å². The second kappa shape index (κ2) is 7.70. The van der Waals surface area contributed by atoms with E-state index in [0.717, 1.165) is 38.8 Å². The van der Waals surface area contributed by atoms with Crippen LogP contribution >= 0.6 is 12.2 Å². The summed E-state index contributed by atoms with van der Waals surface area (Å²) in [4.78, 5) is 0. The fourth-order valence-electron chi connectivity index (χ4n) is 1.71. The Morgan fingerprint density at radius 1 is 1.33 bits per heavy atom. The second-order valence-corrected chi connectivity index (χ2v) is 6.71. The molecule has 0 aromatic heterocycles. The van der Waals surface area contributed by atoms with Gasteiger partial charge in [0.2, 0.25) is 0 Å². The number of nitrogens with two attached hydrogens (primary N) is 1. The molecule has 18 heavy (non-hydrogen) atoms. The zero-order chi connectivity index (χ0) is 13.4. The van der Waals surface area contributed by atoms with E-state index in [1.54, 1.807) is 6.08 Å². The number of hydrogen-bond acceptors (Lipinski definition) is 4. The number of nitrogens with one attached hydrogen (secondary N) is 2. The van der Waals surface area contributed by atoms with E-state index < -0.39 is 9.84 Å². The predicted octanol–water partition coefficient (Wildman–Crippen LogP) is 0.280. The van der Waals surface area contributed by atoms with Crippen molar-refractivity contribution in [2.75, 3.05) is 18.8 Å². The van der Waals surface area contributed by atoms with Crippen LogP contribution in [0.2, 0.25) is 0 Å². The quantitative estimate of drug-likeness (QED) is 0.461. The molecule has 1 aliphatic rings. The van der Waals surface area contributed by atoms with Gasteiger partial charge in [0.25, 0.3) is 0 Å². The third kappa shape index (κ3) is 6.32. The lowest BCUT2D eigenvalue weighted by atomic mass is 10.2. The van der Waals surface area contributed by atoms with Gasteiger partial charge in [-0.1, -0.05) is 12.8 Å². The Hall–Kier alpha value is -0.660. The Morgan fingerprint density at radius 2 is 2.06 bits per heavy atom. The van der Waals surface area contributed by atoms with Crippen molar-refractivity contribution in [3.63, 3.8) is 0 Å². The maximum Gasteiger partial charge on any atom is 0.173 e. The number of sulfone groups is 1. The summed E-state index contributed by atoms with van der Waals surface area (Å²) in [6.07, 6.45) is 6.01. The smallest absolute Gasteiger partial charge is 0.173 e. The zero-order valence-electron chi connectivity index (χ0n) is 10.4. The van der Waals surface area contributed by atoms with Crippen molar-refractivity contribution in [3.8, 4) is 0 Å². The molecule has 1 heterocycles. The summed E-state index contributed by atoms with van der Waals surface area (Å²) in [5.74, 6) is 0.0886. The number of hydrogen-bond donors (Lipinski definition) is 3. The van der Waals surface area contributed by atoms with Crippen molar-refractivity contribution in [3.05, 3.63) is 11.5 Å². The number of unbranched alkanes of at least 4 members (excludes halogenated alkanes) is 3. The van der Waals surface area contributed by atoms with Crippen molar-refractivity contribution >= 4 is 27.2 Å². The van der Waals surface area contributed by atoms with Gasteiger partial charge in [0.1, 0.15) is 0 Å². The molecule has 0 aromatic carbocycles. The van der Waals surface area contributed by atoms with Gasteiger partial charge in [0.15, 0.2) is 14.9 Å². The Kier molecular flexibility index (Phi) is 6.59. The second-order valence-electron chi connectivity index (χ2n) is 4.37. The Balaban J connectivity index is 2.06. The first-order valence-electron chi connectivity index (χ1n) is 6.19. The lowest BCUT2D eigenvalue weighted by Crippen LogP contribution is -2.42. The Morgan fingerprint density at radius 3 is 2.67 bits per heavy atom. The zero-order valence-corrected chi connectivity index (χ0v) is 12.0. The van der Waals surface area contributed by atoms with Crippen LogP contribution in [-0.2, 0) is 9.84 Å². The van der Waals surface area contributed by atoms with Crippen molar-refractivity contribution < 1.29 is 8.42 Å². The molecule has 5 nitrogen and oxygen atoms in total. The average Bonchev–Trinajstić information content (AvgIpc) is 2.63. The van der Waals surface area contributed by atoms with Crippen LogP contribution < -0.4 is 16.4 Å². The number of thiocarbonyl (C=S) groups is 1. The van der Waals surface area contributed by atoms with Crippen LogP contribution in [0.1, 0.15) is 25.7 Å². The maximum atomic E-state index is 11.2. The molecule has 1 atom stereocenters. The van der Waals surface area contributed by atoms with E-state index in [9.17, 15) is 8.42 Å². The molecule has 0 bridgehead atoms. The van der Waals surface area contributed by atoms with E-state index in [-0.39, 0.29) is 11.8 Å². The fraction of sp³-hybridized carbons (Fsp3) is 0.727. The molecule has 0 spiro atoms. The van der Waals surface area contributed by atoms with Crippen LogP contribution in [0.3, 0.4) is 0 Å². The average molecular weight is 291 g/mol. The Labute approximate surface area is 114 Å². The minimum Gasteiger partial charge on any atom is -0.363 e. The molecule has 4 N–H and O–H groups in total. The minimum absolute atomic E-state index is 0.0886. The number of rotatable bonds is 7. The van der Waals surface area contributed by atoms with Gasteiger partial charge in [-0.25, -0.2) is 8.42 Å². The van der Waals surface area contributed by atoms with Crippen molar-refractivity contribution in [2.45, 2.75) is 31.7 Å². The van der Waals surface area contributed by atoms with E-state index in [4.69, 9.17) is 18.0 Å². The van der Waals surface area contributed by atoms with Gasteiger partial charge in [-0.2, -0.15) is 0 Å². The van der Waals surface area contributed by atoms with Crippen molar-refractivity contribution in [2.24, 2.45) is 5.73 Å². The van der Waals surface area contributed by atoms with Crippen molar-refractivity contribution in [1.29, 1.82) is 0 Å². The topological polar surface area (TPSA) is 84.2 Å². The lowest BCUT2D eigenvalue weighted by molar-refractivity contribution is 0.601. The molecule has 0 radical (unpaired) electrons. The molecular formula is C11H21N3O2S2. The lowest BCUT2D eigenvalue weighted by Gasteiger charge is -2.14. The van der Waals surface area contributed by atoms with E-state index in [0.29, 0.717) is 5.11 Å². The van der Waals surface area contributed by atoms with Crippen LogP contribution in [0.4, 0.5) is 0 Å². The van der Waals surface area contributed by atoms with Gasteiger partial charge in [0.05, 0.1) is 11.8 Å². The van der Waals surface area contributed by atoms with Crippen LogP contribution in [0, 0.1) is 0 Å². The van der Waals surface area contributed by atoms with E-state index in [1.807, 2.05) is 0 Å². The highest BCUT2D eigenvalue weighted by atomic mass is 32.2. The first-order valence-corrected chi connectivity index (χ1v) is 8.31. The van der Waals surface area contributed by atoms with Crippen LogP contribution in [-0.4, -0.2) is 38.4 Å². The molecule has 104 valence electrons. The van der Waals surface area contributed by atoms with Gasteiger partial charge in [-0.3, -0.25) is 0 Å². The summed E-state index contributed by atoms with van der Waals surface area (Å²) in [6.45, 7) is 1.55. The summed E-state index contributed by atoms with van der Waals surface area (Å²) in [6, 6.07) is -0.202. The van der Waals surface area contributed by atoms with Gasteiger partial charge in [-0.05, 0) is 37.7 Å². The molecule has 1 aliphatic heterocycles. The van der Waals surface area contributed by atoms with E-state index >= 15 is 0 Å². The standard InChI is InChI=1S/C11H21N3O2S2/c12-6-3-1-2-4-7-13-11(17)14-10-5-8-18(15,16)9-10/h5,8,10H,1-4,6-7,9,12H2,(H2,13,14,17)/t10-/m0/s1. The Bertz CT molecular complexity index is 393. The fourth-order valence-corrected chi connectivity index (χ4v) is 3.20. The summed E-state index contributed by atoms with van der Waals surface area (Å²) < 4.78 is 22.4. The highest BCUT2D eigenvalue weighted by Gasteiger charge is 2.21. The molecule has 0 aromatic rings. The third-order valence-electron chi connectivity index (χ3n) is 2.66. The summed E-state index contributed by atoms with van der Waals surface area (Å²) in [7, 11) is -3.02. The van der Waals surface area contributed by atoms with Crippen LogP contribution in [0.25, 0.3) is 0 Å². The van der Waals surface area contributed by atoms with E-state index in [1.165, 1.54) is 5.41 Å². The summed E-state index contributed by atoms with van der Waals surface area (Å²) in [5.41, 5.74) is 5.40. The highest BCUT2D eigenvalue weighted by Crippen LogP contribution is 2.07. The molecular weight excluding hydrogens is 270 g/mol. The molecule has 0 saturated heterocycles. The van der Waals surface area contributed by atoms with Gasteiger partial charge in [-0.15, -0.1) is 0 Å². The molecule has 0 fully saturated rings. The normalized spacial score (nSPS) is 20.8. The molecule has 7 heteroatoms. The van der Waals surface area contributed by atoms with E-state index in [2.05, 4.69) is 10.6 Å². The molecule has 1 rings (SSSR count).